The first-order valence-electron chi connectivity index (χ1n) is 6.74. The molecule has 0 bridgehead atoms. The number of halogens is 1. The molecule has 3 heteroatoms. The number of benzene rings is 1. The van der Waals surface area contributed by atoms with E-state index in [1.54, 1.807) is 7.11 Å². The van der Waals surface area contributed by atoms with Crippen LogP contribution in [0.15, 0.2) is 22.7 Å². The Morgan fingerprint density at radius 2 is 1.78 bits per heavy atom. The summed E-state index contributed by atoms with van der Waals surface area (Å²) in [6, 6.07) is 5.79. The molecule has 0 saturated carbocycles. The maximum absolute atomic E-state index is 5.76. The van der Waals surface area contributed by atoms with E-state index in [4.69, 9.17) is 9.47 Å². The van der Waals surface area contributed by atoms with Crippen LogP contribution in [0.3, 0.4) is 0 Å². The summed E-state index contributed by atoms with van der Waals surface area (Å²) in [5.41, 5.74) is 0. The molecule has 0 aliphatic heterocycles. The lowest BCUT2D eigenvalue weighted by atomic mass is 10.1. The Hall–Kier alpha value is -0.700. The van der Waals surface area contributed by atoms with Gasteiger partial charge in [0.25, 0.3) is 0 Å². The second-order valence-electron chi connectivity index (χ2n) is 4.41. The highest BCUT2D eigenvalue weighted by Gasteiger charge is 2.02. The molecule has 18 heavy (non-hydrogen) atoms. The van der Waals surface area contributed by atoms with Gasteiger partial charge >= 0.3 is 0 Å². The third kappa shape index (κ3) is 5.76. The summed E-state index contributed by atoms with van der Waals surface area (Å²) in [4.78, 5) is 0. The van der Waals surface area contributed by atoms with Crippen molar-refractivity contribution in [1.29, 1.82) is 0 Å². The fourth-order valence-corrected chi connectivity index (χ4v) is 2.15. The fourth-order valence-electron chi connectivity index (χ4n) is 1.79. The Balaban J connectivity index is 2.22. The molecule has 0 fully saturated rings. The quantitative estimate of drug-likeness (QED) is 0.583. The molecule has 0 heterocycles. The fraction of sp³-hybridized carbons (Fsp3) is 0.600. The molecule has 0 aliphatic carbocycles. The molecule has 0 atom stereocenters. The van der Waals surface area contributed by atoms with Crippen molar-refractivity contribution >= 4 is 15.9 Å². The van der Waals surface area contributed by atoms with Gasteiger partial charge in [-0.1, -0.05) is 39.0 Å². The summed E-state index contributed by atoms with van der Waals surface area (Å²) in [6.45, 7) is 3.02. The third-order valence-corrected chi connectivity index (χ3v) is 3.55. The topological polar surface area (TPSA) is 18.5 Å². The molecule has 102 valence electrons. The average molecular weight is 315 g/mol. The standard InChI is InChI=1S/C15H23BrO2/c1-3-4-5-6-7-8-11-18-15-12-13(17-2)9-10-14(15)16/h9-10,12H,3-8,11H2,1-2H3. The van der Waals surface area contributed by atoms with Gasteiger partial charge in [0.05, 0.1) is 18.2 Å². The maximum Gasteiger partial charge on any atom is 0.137 e. The first kappa shape index (κ1) is 15.4. The van der Waals surface area contributed by atoms with E-state index < -0.39 is 0 Å². The van der Waals surface area contributed by atoms with Gasteiger partial charge in [-0.05, 0) is 34.5 Å². The van der Waals surface area contributed by atoms with Crippen LogP contribution in [-0.4, -0.2) is 13.7 Å². The van der Waals surface area contributed by atoms with Gasteiger partial charge in [-0.25, -0.2) is 0 Å². The van der Waals surface area contributed by atoms with E-state index in [1.165, 1.54) is 32.1 Å². The molecule has 2 nitrogen and oxygen atoms in total. The van der Waals surface area contributed by atoms with Crippen molar-refractivity contribution in [1.82, 2.24) is 0 Å². The van der Waals surface area contributed by atoms with Crippen LogP contribution >= 0.6 is 15.9 Å². The largest absolute Gasteiger partial charge is 0.497 e. The van der Waals surface area contributed by atoms with Gasteiger partial charge in [-0.2, -0.15) is 0 Å². The summed E-state index contributed by atoms with van der Waals surface area (Å²) in [5, 5.41) is 0. The van der Waals surface area contributed by atoms with Gasteiger partial charge in [-0.15, -0.1) is 0 Å². The molecule has 0 saturated heterocycles. The van der Waals surface area contributed by atoms with Crippen molar-refractivity contribution in [3.63, 3.8) is 0 Å². The predicted octanol–water partition coefficient (Wildman–Crippen LogP) is 5.20. The van der Waals surface area contributed by atoms with Crippen LogP contribution in [0.2, 0.25) is 0 Å². The number of hydrogen-bond donors (Lipinski definition) is 0. The van der Waals surface area contributed by atoms with E-state index in [0.29, 0.717) is 0 Å². The Morgan fingerprint density at radius 1 is 1.06 bits per heavy atom. The average Bonchev–Trinajstić information content (AvgIpc) is 2.39. The highest BCUT2D eigenvalue weighted by atomic mass is 79.9. The minimum atomic E-state index is 0.776. The van der Waals surface area contributed by atoms with E-state index in [0.717, 1.165) is 29.0 Å². The van der Waals surface area contributed by atoms with Crippen molar-refractivity contribution in [2.24, 2.45) is 0 Å². The van der Waals surface area contributed by atoms with Crippen molar-refractivity contribution in [2.45, 2.75) is 45.4 Å². The Morgan fingerprint density at radius 3 is 2.50 bits per heavy atom. The Labute approximate surface area is 119 Å². The summed E-state index contributed by atoms with van der Waals surface area (Å²) in [6.07, 6.45) is 7.68. The van der Waals surface area contributed by atoms with Crippen LogP contribution < -0.4 is 9.47 Å². The smallest absolute Gasteiger partial charge is 0.137 e. The van der Waals surface area contributed by atoms with Gasteiger partial charge in [0.2, 0.25) is 0 Å². The minimum absolute atomic E-state index is 0.776. The highest BCUT2D eigenvalue weighted by Crippen LogP contribution is 2.29. The second kappa shape index (κ2) is 9.26. The van der Waals surface area contributed by atoms with Crippen LogP contribution in [0.1, 0.15) is 45.4 Å². The maximum atomic E-state index is 5.76. The number of methoxy groups -OCH3 is 1. The molecule has 0 aromatic heterocycles. The SMILES string of the molecule is CCCCCCCCOc1cc(OC)ccc1Br. The molecule has 0 radical (unpaired) electrons. The van der Waals surface area contributed by atoms with E-state index >= 15 is 0 Å². The summed E-state index contributed by atoms with van der Waals surface area (Å²) >= 11 is 3.48. The van der Waals surface area contributed by atoms with Gasteiger partial charge in [0.15, 0.2) is 0 Å². The van der Waals surface area contributed by atoms with Gasteiger partial charge in [-0.3, -0.25) is 0 Å². The molecule has 1 aromatic rings. The lowest BCUT2D eigenvalue weighted by Gasteiger charge is -2.09. The van der Waals surface area contributed by atoms with Gasteiger partial charge < -0.3 is 9.47 Å². The zero-order valence-corrected chi connectivity index (χ0v) is 13.0. The van der Waals surface area contributed by atoms with E-state index in [2.05, 4.69) is 22.9 Å². The van der Waals surface area contributed by atoms with E-state index in [9.17, 15) is 0 Å². The van der Waals surface area contributed by atoms with Gasteiger partial charge in [0.1, 0.15) is 11.5 Å². The lowest BCUT2D eigenvalue weighted by Crippen LogP contribution is -1.98. The van der Waals surface area contributed by atoms with E-state index in [1.807, 2.05) is 18.2 Å². The van der Waals surface area contributed by atoms with Crippen LogP contribution in [0.4, 0.5) is 0 Å². The molecule has 0 aliphatic rings. The summed E-state index contributed by atoms with van der Waals surface area (Å²) in [5.74, 6) is 1.69. The zero-order valence-electron chi connectivity index (χ0n) is 11.4. The Kier molecular flexibility index (Phi) is 7.90. The monoisotopic (exact) mass is 314 g/mol. The second-order valence-corrected chi connectivity index (χ2v) is 5.27. The zero-order chi connectivity index (χ0) is 13.2. The number of ether oxygens (including phenoxy) is 2. The lowest BCUT2D eigenvalue weighted by molar-refractivity contribution is 0.300. The number of unbranched alkanes of at least 4 members (excludes halogenated alkanes) is 5. The van der Waals surface area contributed by atoms with Crippen molar-refractivity contribution in [3.05, 3.63) is 22.7 Å². The molecule has 0 unspecified atom stereocenters. The molecule has 0 amide bonds. The highest BCUT2D eigenvalue weighted by molar-refractivity contribution is 9.10. The first-order valence-corrected chi connectivity index (χ1v) is 7.53. The van der Waals surface area contributed by atoms with Gasteiger partial charge in [0, 0.05) is 6.07 Å². The molecule has 1 rings (SSSR count). The summed E-state index contributed by atoms with van der Waals surface area (Å²) < 4.78 is 11.9. The van der Waals surface area contributed by atoms with Crippen molar-refractivity contribution in [3.8, 4) is 11.5 Å². The van der Waals surface area contributed by atoms with Crippen LogP contribution in [0.5, 0.6) is 11.5 Å². The predicted molar refractivity (Wildman–Crippen MR) is 79.6 cm³/mol. The number of hydrogen-bond acceptors (Lipinski definition) is 2. The molecule has 0 N–H and O–H groups in total. The minimum Gasteiger partial charge on any atom is -0.497 e. The Bertz CT molecular complexity index is 339. The van der Waals surface area contributed by atoms with Crippen molar-refractivity contribution in [2.75, 3.05) is 13.7 Å². The molecular weight excluding hydrogens is 292 g/mol. The van der Waals surface area contributed by atoms with Crippen LogP contribution in [0, 0.1) is 0 Å². The van der Waals surface area contributed by atoms with Crippen LogP contribution in [-0.2, 0) is 0 Å². The third-order valence-electron chi connectivity index (χ3n) is 2.89. The first-order chi connectivity index (χ1) is 8.77. The molecule has 0 spiro atoms. The van der Waals surface area contributed by atoms with Crippen molar-refractivity contribution < 1.29 is 9.47 Å². The van der Waals surface area contributed by atoms with E-state index in [-0.39, 0.29) is 0 Å². The number of rotatable bonds is 9. The normalized spacial score (nSPS) is 10.4. The summed E-state index contributed by atoms with van der Waals surface area (Å²) in [7, 11) is 1.67. The molecular formula is C15H23BrO2. The van der Waals surface area contributed by atoms with Crippen LogP contribution in [0.25, 0.3) is 0 Å². The molecule has 1 aromatic carbocycles.